The molecule has 0 saturated heterocycles. The van der Waals surface area contributed by atoms with E-state index in [0.29, 0.717) is 6.42 Å². The minimum atomic E-state index is -0.0999. The van der Waals surface area contributed by atoms with Crippen LogP contribution >= 0.6 is 0 Å². The molecule has 0 saturated carbocycles. The summed E-state index contributed by atoms with van der Waals surface area (Å²) in [6, 6.07) is 1.99. The van der Waals surface area contributed by atoms with Gasteiger partial charge in [0.25, 0.3) is 0 Å². The van der Waals surface area contributed by atoms with Gasteiger partial charge in [0.15, 0.2) is 0 Å². The van der Waals surface area contributed by atoms with Gasteiger partial charge in [0.05, 0.1) is 13.5 Å². The molecule has 0 unspecified atom stereocenters. The van der Waals surface area contributed by atoms with Crippen LogP contribution in [0.25, 0.3) is 0 Å². The van der Waals surface area contributed by atoms with E-state index in [1.807, 2.05) is 26.8 Å². The molecular weight excluding hydrogens is 216 g/mol. The average Bonchev–Trinajstić information content (AvgIpc) is 2.26. The molecule has 17 heavy (non-hydrogen) atoms. The number of methoxy groups -OCH3 is 1. The predicted molar refractivity (Wildman–Crippen MR) is 67.9 cm³/mol. The zero-order chi connectivity index (χ0) is 13.2. The number of rotatable bonds is 3. The third-order valence-electron chi connectivity index (χ3n) is 3.07. The Hall–Kier alpha value is -1.55. The van der Waals surface area contributed by atoms with Gasteiger partial charge in [-0.1, -0.05) is 6.07 Å². The molecule has 0 aliphatic heterocycles. The number of ether oxygens (including phenoxy) is 1. The van der Waals surface area contributed by atoms with Crippen LogP contribution in [0.3, 0.4) is 0 Å². The number of aryl methyl sites for hydroxylation is 1. The van der Waals surface area contributed by atoms with Crippen LogP contribution in [0, 0.1) is 20.8 Å². The lowest BCUT2D eigenvalue weighted by Crippen LogP contribution is -2.34. The van der Waals surface area contributed by atoms with E-state index < -0.39 is 0 Å². The van der Waals surface area contributed by atoms with Gasteiger partial charge in [0.2, 0.25) is 5.91 Å². The lowest BCUT2D eigenvalue weighted by Gasteiger charge is -2.16. The van der Waals surface area contributed by atoms with Gasteiger partial charge in [-0.15, -0.1) is 0 Å². The summed E-state index contributed by atoms with van der Waals surface area (Å²) < 4.78 is 5.34. The number of benzene rings is 1. The van der Waals surface area contributed by atoms with E-state index >= 15 is 0 Å². The van der Waals surface area contributed by atoms with Crippen molar-refractivity contribution in [1.82, 2.24) is 5.01 Å². The van der Waals surface area contributed by atoms with E-state index in [2.05, 4.69) is 0 Å². The summed E-state index contributed by atoms with van der Waals surface area (Å²) in [4.78, 5) is 11.6. The maximum absolute atomic E-state index is 11.6. The third kappa shape index (κ3) is 2.77. The zero-order valence-corrected chi connectivity index (χ0v) is 11.1. The Morgan fingerprint density at radius 1 is 1.35 bits per heavy atom. The molecule has 4 nitrogen and oxygen atoms in total. The average molecular weight is 236 g/mol. The summed E-state index contributed by atoms with van der Waals surface area (Å²) in [6.07, 6.45) is 0.324. The number of amides is 1. The molecule has 0 fully saturated rings. The number of nitrogens with two attached hydrogens (primary N) is 1. The Kier molecular flexibility index (Phi) is 4.12. The molecule has 0 aromatic heterocycles. The zero-order valence-electron chi connectivity index (χ0n) is 11.1. The molecule has 0 spiro atoms. The van der Waals surface area contributed by atoms with Crippen LogP contribution in [0.2, 0.25) is 0 Å². The largest absolute Gasteiger partial charge is 0.496 e. The van der Waals surface area contributed by atoms with Crippen LogP contribution in [-0.2, 0) is 11.2 Å². The predicted octanol–water partition coefficient (Wildman–Crippen LogP) is 1.50. The first-order chi connectivity index (χ1) is 7.88. The Morgan fingerprint density at radius 2 is 1.94 bits per heavy atom. The van der Waals surface area contributed by atoms with Crippen LogP contribution in [0.5, 0.6) is 5.75 Å². The van der Waals surface area contributed by atoms with Crippen LogP contribution in [0.4, 0.5) is 0 Å². The lowest BCUT2D eigenvalue weighted by molar-refractivity contribution is -0.129. The molecule has 1 rings (SSSR count). The molecule has 0 heterocycles. The Balaban J connectivity index is 3.15. The van der Waals surface area contributed by atoms with E-state index in [1.54, 1.807) is 14.2 Å². The van der Waals surface area contributed by atoms with Gasteiger partial charge < -0.3 is 4.74 Å². The maximum atomic E-state index is 11.6. The SMILES string of the molecule is COc1c(C)cc(CC(=O)N(C)N)c(C)c1C. The highest BCUT2D eigenvalue weighted by molar-refractivity contribution is 5.78. The standard InChI is InChI=1S/C13H20N2O2/c1-8-6-11(7-12(16)15(4)14)9(2)10(3)13(8)17-5/h6H,7,14H2,1-5H3. The first kappa shape index (κ1) is 13.5. The molecular formula is C13H20N2O2. The van der Waals surface area contributed by atoms with Gasteiger partial charge in [-0.2, -0.15) is 0 Å². The topological polar surface area (TPSA) is 55.6 Å². The van der Waals surface area contributed by atoms with Crippen LogP contribution in [-0.4, -0.2) is 25.1 Å². The van der Waals surface area contributed by atoms with Crippen molar-refractivity contribution >= 4 is 5.91 Å². The fourth-order valence-corrected chi connectivity index (χ4v) is 1.93. The van der Waals surface area contributed by atoms with Crippen molar-refractivity contribution < 1.29 is 9.53 Å². The van der Waals surface area contributed by atoms with E-state index in [9.17, 15) is 4.79 Å². The number of likely N-dealkylation sites (N-methyl/N-ethyl adjacent to an activating group) is 1. The number of carbonyl (C=O) groups excluding carboxylic acids is 1. The van der Waals surface area contributed by atoms with Crippen LogP contribution in [0.15, 0.2) is 6.07 Å². The van der Waals surface area contributed by atoms with E-state index in [0.717, 1.165) is 33.0 Å². The minimum absolute atomic E-state index is 0.0999. The number of hydrogen-bond acceptors (Lipinski definition) is 3. The van der Waals surface area contributed by atoms with Crippen molar-refractivity contribution in [3.8, 4) is 5.75 Å². The Labute approximate surface area is 102 Å². The van der Waals surface area contributed by atoms with Gasteiger partial charge in [0, 0.05) is 7.05 Å². The fraction of sp³-hybridized carbons (Fsp3) is 0.462. The highest BCUT2D eigenvalue weighted by Crippen LogP contribution is 2.28. The van der Waals surface area contributed by atoms with Crippen LogP contribution in [0.1, 0.15) is 22.3 Å². The molecule has 0 atom stereocenters. The van der Waals surface area contributed by atoms with Crippen molar-refractivity contribution in [3.63, 3.8) is 0 Å². The van der Waals surface area contributed by atoms with Crippen molar-refractivity contribution in [2.45, 2.75) is 27.2 Å². The third-order valence-corrected chi connectivity index (χ3v) is 3.07. The summed E-state index contributed by atoms with van der Waals surface area (Å²) in [7, 11) is 3.22. The van der Waals surface area contributed by atoms with Gasteiger partial charge in [-0.3, -0.25) is 9.80 Å². The van der Waals surface area contributed by atoms with Gasteiger partial charge >= 0.3 is 0 Å². The molecule has 0 radical (unpaired) electrons. The molecule has 94 valence electrons. The van der Waals surface area contributed by atoms with Crippen molar-refractivity contribution in [3.05, 3.63) is 28.3 Å². The first-order valence-corrected chi connectivity index (χ1v) is 5.53. The quantitative estimate of drug-likeness (QED) is 0.491. The summed E-state index contributed by atoms with van der Waals surface area (Å²) in [5, 5.41) is 1.12. The second-order valence-electron chi connectivity index (χ2n) is 4.32. The normalized spacial score (nSPS) is 10.2. The monoisotopic (exact) mass is 236 g/mol. The molecule has 1 amide bonds. The first-order valence-electron chi connectivity index (χ1n) is 5.53. The lowest BCUT2D eigenvalue weighted by atomic mass is 9.96. The molecule has 1 aromatic rings. The molecule has 0 bridgehead atoms. The van der Waals surface area contributed by atoms with Crippen molar-refractivity contribution in [1.29, 1.82) is 0 Å². The second kappa shape index (κ2) is 5.19. The number of nitrogens with zero attached hydrogens (tertiary/aromatic N) is 1. The maximum Gasteiger partial charge on any atom is 0.240 e. The van der Waals surface area contributed by atoms with Gasteiger partial charge in [-0.25, -0.2) is 5.84 Å². The van der Waals surface area contributed by atoms with Crippen molar-refractivity contribution in [2.75, 3.05) is 14.2 Å². The molecule has 0 aliphatic rings. The van der Waals surface area contributed by atoms with E-state index in [1.165, 1.54) is 0 Å². The molecule has 0 aliphatic carbocycles. The Bertz CT molecular complexity index is 440. The minimum Gasteiger partial charge on any atom is -0.496 e. The molecule has 1 aromatic carbocycles. The summed E-state index contributed by atoms with van der Waals surface area (Å²) in [5.74, 6) is 6.21. The van der Waals surface area contributed by atoms with Gasteiger partial charge in [0.1, 0.15) is 5.75 Å². The number of hydrogen-bond donors (Lipinski definition) is 1. The summed E-state index contributed by atoms with van der Waals surface area (Å²) in [5.41, 5.74) is 4.21. The van der Waals surface area contributed by atoms with Crippen molar-refractivity contribution in [2.24, 2.45) is 5.84 Å². The van der Waals surface area contributed by atoms with E-state index in [-0.39, 0.29) is 5.91 Å². The highest BCUT2D eigenvalue weighted by atomic mass is 16.5. The highest BCUT2D eigenvalue weighted by Gasteiger charge is 2.14. The summed E-state index contributed by atoms with van der Waals surface area (Å²) >= 11 is 0. The van der Waals surface area contributed by atoms with Gasteiger partial charge in [-0.05, 0) is 43.0 Å². The number of hydrazine groups is 1. The van der Waals surface area contributed by atoms with Crippen LogP contribution < -0.4 is 10.6 Å². The second-order valence-corrected chi connectivity index (χ2v) is 4.32. The smallest absolute Gasteiger partial charge is 0.240 e. The Morgan fingerprint density at radius 3 is 2.41 bits per heavy atom. The molecule has 4 heteroatoms. The number of carbonyl (C=O) groups is 1. The van der Waals surface area contributed by atoms with E-state index in [4.69, 9.17) is 10.6 Å². The fourth-order valence-electron chi connectivity index (χ4n) is 1.93. The molecule has 2 N–H and O–H groups in total. The summed E-state index contributed by atoms with van der Waals surface area (Å²) in [6.45, 7) is 5.98.